The third-order valence-corrected chi connectivity index (χ3v) is 3.58. The van der Waals surface area contributed by atoms with Crippen LogP contribution in [-0.2, 0) is 0 Å². The topological polar surface area (TPSA) is 0 Å². The van der Waals surface area contributed by atoms with Gasteiger partial charge in [0, 0.05) is 5.88 Å². The number of hydrogen-bond acceptors (Lipinski definition) is 0. The van der Waals surface area contributed by atoms with Crippen LogP contribution in [-0.4, -0.2) is 5.88 Å². The highest BCUT2D eigenvalue weighted by atomic mass is 35.5. The van der Waals surface area contributed by atoms with Gasteiger partial charge in [0.2, 0.25) is 0 Å². The second kappa shape index (κ2) is 2.27. The summed E-state index contributed by atoms with van der Waals surface area (Å²) >= 11 is 5.86. The van der Waals surface area contributed by atoms with E-state index in [-0.39, 0.29) is 0 Å². The minimum atomic E-state index is 0.775. The van der Waals surface area contributed by atoms with E-state index in [2.05, 4.69) is 19.1 Å². The summed E-state index contributed by atoms with van der Waals surface area (Å²) in [7, 11) is 0. The van der Waals surface area contributed by atoms with Crippen LogP contribution >= 0.6 is 11.6 Å². The van der Waals surface area contributed by atoms with Crippen LogP contribution < -0.4 is 0 Å². The quantitative estimate of drug-likeness (QED) is 0.405. The summed E-state index contributed by atoms with van der Waals surface area (Å²) in [5.41, 5.74) is 0. The summed E-state index contributed by atoms with van der Waals surface area (Å²) in [6.07, 6.45) is 6.11. The molecule has 0 nitrogen and oxygen atoms in total. The SMILES string of the molecule is CC1C2C=CC(C2)C1CCl. The Morgan fingerprint density at radius 1 is 1.40 bits per heavy atom. The van der Waals surface area contributed by atoms with Crippen molar-refractivity contribution in [2.75, 3.05) is 5.88 Å². The predicted octanol–water partition coefficient (Wildman–Crippen LogP) is 2.68. The summed E-state index contributed by atoms with van der Waals surface area (Å²) in [5, 5.41) is 0. The maximum Gasteiger partial charge on any atom is 0.0260 e. The second-order valence-electron chi connectivity index (χ2n) is 3.63. The van der Waals surface area contributed by atoms with Gasteiger partial charge in [0.15, 0.2) is 0 Å². The standard InChI is InChI=1S/C9H13Cl/c1-6-7-2-3-8(4-7)9(6)5-10/h2-3,6-9H,4-5H2,1H3. The molecule has 0 heterocycles. The Morgan fingerprint density at radius 3 is 2.50 bits per heavy atom. The van der Waals surface area contributed by atoms with Gasteiger partial charge in [0.05, 0.1) is 0 Å². The Morgan fingerprint density at radius 2 is 2.10 bits per heavy atom. The smallest absolute Gasteiger partial charge is 0.0260 e. The van der Waals surface area contributed by atoms with Crippen molar-refractivity contribution in [3.05, 3.63) is 12.2 Å². The van der Waals surface area contributed by atoms with Crippen molar-refractivity contribution in [1.82, 2.24) is 0 Å². The van der Waals surface area contributed by atoms with Crippen LogP contribution in [0.25, 0.3) is 0 Å². The molecule has 2 rings (SSSR count). The van der Waals surface area contributed by atoms with Gasteiger partial charge in [-0.1, -0.05) is 19.1 Å². The van der Waals surface area contributed by atoms with E-state index < -0.39 is 0 Å². The van der Waals surface area contributed by atoms with Crippen molar-refractivity contribution in [3.8, 4) is 0 Å². The van der Waals surface area contributed by atoms with E-state index in [1.807, 2.05) is 0 Å². The van der Waals surface area contributed by atoms with E-state index in [0.29, 0.717) is 0 Å². The number of fused-ring (bicyclic) bond motifs is 2. The Kier molecular flexibility index (Phi) is 1.52. The first-order valence-corrected chi connectivity index (χ1v) is 4.60. The number of hydrogen-bond donors (Lipinski definition) is 0. The molecule has 0 spiro atoms. The third-order valence-electron chi connectivity index (χ3n) is 3.23. The normalized spacial score (nSPS) is 50.6. The van der Waals surface area contributed by atoms with Crippen molar-refractivity contribution in [1.29, 1.82) is 0 Å². The van der Waals surface area contributed by atoms with Crippen molar-refractivity contribution in [3.63, 3.8) is 0 Å². The molecule has 0 aromatic rings. The number of rotatable bonds is 1. The molecule has 10 heavy (non-hydrogen) atoms. The van der Waals surface area contributed by atoms with Gasteiger partial charge in [-0.15, -0.1) is 11.6 Å². The van der Waals surface area contributed by atoms with E-state index >= 15 is 0 Å². The molecule has 0 aliphatic heterocycles. The number of halogens is 1. The number of alkyl halides is 1. The van der Waals surface area contributed by atoms with Gasteiger partial charge in [-0.05, 0) is 30.1 Å². The zero-order valence-electron chi connectivity index (χ0n) is 6.26. The molecule has 0 saturated heterocycles. The molecule has 0 radical (unpaired) electrons. The van der Waals surface area contributed by atoms with E-state index in [1.165, 1.54) is 6.42 Å². The summed E-state index contributed by atoms with van der Waals surface area (Å²) in [6, 6.07) is 0. The molecule has 2 aliphatic carbocycles. The zero-order chi connectivity index (χ0) is 7.14. The summed E-state index contributed by atoms with van der Waals surface area (Å²) in [5.74, 6) is 4.14. The van der Waals surface area contributed by atoms with Gasteiger partial charge in [0.25, 0.3) is 0 Å². The largest absolute Gasteiger partial charge is 0.126 e. The average Bonchev–Trinajstić information content (AvgIpc) is 2.46. The van der Waals surface area contributed by atoms with Gasteiger partial charge < -0.3 is 0 Å². The van der Waals surface area contributed by atoms with E-state index in [4.69, 9.17) is 11.6 Å². The lowest BCUT2D eigenvalue weighted by Crippen LogP contribution is -2.17. The number of allylic oxidation sites excluding steroid dienone is 2. The lowest BCUT2D eigenvalue weighted by molar-refractivity contribution is 0.369. The molecule has 4 unspecified atom stereocenters. The molecule has 0 aromatic carbocycles. The van der Waals surface area contributed by atoms with Crippen molar-refractivity contribution in [2.24, 2.45) is 23.7 Å². The molecule has 56 valence electrons. The molecule has 1 heteroatoms. The molecule has 0 amide bonds. The van der Waals surface area contributed by atoms with Crippen LogP contribution in [0.2, 0.25) is 0 Å². The van der Waals surface area contributed by atoms with E-state index in [1.54, 1.807) is 0 Å². The minimum absolute atomic E-state index is 0.775. The monoisotopic (exact) mass is 156 g/mol. The summed E-state index contributed by atoms with van der Waals surface area (Å²) in [4.78, 5) is 0. The second-order valence-corrected chi connectivity index (χ2v) is 3.93. The summed E-state index contributed by atoms with van der Waals surface area (Å²) in [6.45, 7) is 2.33. The lowest BCUT2D eigenvalue weighted by Gasteiger charge is -2.21. The first-order chi connectivity index (χ1) is 4.83. The first kappa shape index (κ1) is 6.72. The molecule has 0 aromatic heterocycles. The van der Waals surface area contributed by atoms with Gasteiger partial charge in [-0.2, -0.15) is 0 Å². The Hall–Kier alpha value is 0.0300. The Bertz CT molecular complexity index is 162. The van der Waals surface area contributed by atoms with Crippen molar-refractivity contribution in [2.45, 2.75) is 13.3 Å². The zero-order valence-corrected chi connectivity index (χ0v) is 7.01. The highest BCUT2D eigenvalue weighted by Gasteiger charge is 2.40. The lowest BCUT2D eigenvalue weighted by atomic mass is 9.86. The van der Waals surface area contributed by atoms with Crippen LogP contribution in [0.4, 0.5) is 0 Å². The highest BCUT2D eigenvalue weighted by Crippen LogP contribution is 2.47. The molecule has 2 bridgehead atoms. The first-order valence-electron chi connectivity index (χ1n) is 4.07. The van der Waals surface area contributed by atoms with Crippen LogP contribution in [0.15, 0.2) is 12.2 Å². The van der Waals surface area contributed by atoms with Crippen LogP contribution in [0, 0.1) is 23.7 Å². The van der Waals surface area contributed by atoms with Crippen LogP contribution in [0.3, 0.4) is 0 Å². The minimum Gasteiger partial charge on any atom is -0.126 e. The van der Waals surface area contributed by atoms with Crippen molar-refractivity contribution >= 4 is 11.6 Å². The maximum absolute atomic E-state index is 5.86. The van der Waals surface area contributed by atoms with Gasteiger partial charge in [0.1, 0.15) is 0 Å². The molecular formula is C9H13Cl. The molecule has 4 atom stereocenters. The fraction of sp³-hybridized carbons (Fsp3) is 0.778. The van der Waals surface area contributed by atoms with E-state index in [9.17, 15) is 0 Å². The summed E-state index contributed by atoms with van der Waals surface area (Å²) < 4.78 is 0. The highest BCUT2D eigenvalue weighted by molar-refractivity contribution is 6.18. The van der Waals surface area contributed by atoms with Crippen LogP contribution in [0.5, 0.6) is 0 Å². The fourth-order valence-electron chi connectivity index (χ4n) is 2.43. The van der Waals surface area contributed by atoms with Gasteiger partial charge in [-0.3, -0.25) is 0 Å². The molecule has 0 N–H and O–H groups in total. The molecule has 1 saturated carbocycles. The van der Waals surface area contributed by atoms with Gasteiger partial charge >= 0.3 is 0 Å². The van der Waals surface area contributed by atoms with Gasteiger partial charge in [-0.25, -0.2) is 0 Å². The molecule has 2 aliphatic rings. The maximum atomic E-state index is 5.86. The average molecular weight is 157 g/mol. The Labute approximate surface area is 67.3 Å². The third kappa shape index (κ3) is 0.748. The fourth-order valence-corrected chi connectivity index (χ4v) is 2.94. The van der Waals surface area contributed by atoms with E-state index in [0.717, 1.165) is 29.6 Å². The molecule has 1 fully saturated rings. The Balaban J connectivity index is 2.18. The van der Waals surface area contributed by atoms with Crippen LogP contribution in [0.1, 0.15) is 13.3 Å². The predicted molar refractivity (Wildman–Crippen MR) is 44.1 cm³/mol. The van der Waals surface area contributed by atoms with Crippen molar-refractivity contribution < 1.29 is 0 Å². The molecular weight excluding hydrogens is 144 g/mol.